The maximum absolute atomic E-state index is 13.9. The minimum absolute atomic E-state index is 0.284. The van der Waals surface area contributed by atoms with E-state index in [1.165, 1.54) is 0 Å². The quantitative estimate of drug-likeness (QED) is 0.212. The van der Waals surface area contributed by atoms with Gasteiger partial charge in [0.25, 0.3) is 11.8 Å². The van der Waals surface area contributed by atoms with Crippen molar-refractivity contribution >= 4 is 40.8 Å². The van der Waals surface area contributed by atoms with Crippen LogP contribution in [-0.2, 0) is 44.8 Å². The molecule has 2 atom stereocenters. The van der Waals surface area contributed by atoms with Gasteiger partial charge in [0.15, 0.2) is 11.6 Å². The number of aromatic nitrogens is 4. The monoisotopic (exact) mass is 750 g/mol. The number of imidazole rings is 2. The number of carbonyl (C=O) groups excluding carboxylic acids is 2. The number of nitrogens with one attached hydrogen (secondary N) is 2. The van der Waals surface area contributed by atoms with Crippen LogP contribution in [0.25, 0.3) is 11.1 Å². The van der Waals surface area contributed by atoms with Crippen LogP contribution in [0.3, 0.4) is 0 Å². The number of fused-ring (bicyclic) bond motifs is 2. The number of rotatable bonds is 7. The van der Waals surface area contributed by atoms with Crippen molar-refractivity contribution in [3.63, 3.8) is 0 Å². The number of anilines is 2. The Morgan fingerprint density at radius 3 is 2.02 bits per heavy atom. The van der Waals surface area contributed by atoms with Crippen LogP contribution in [0.4, 0.5) is 11.4 Å². The van der Waals surface area contributed by atoms with E-state index in [9.17, 15) is 19.5 Å². The smallest absolute Gasteiger partial charge is 0.309 e. The molecular formula is C41H47ClN8O4. The number of hydrogen-bond acceptors (Lipinski definition) is 7. The lowest BCUT2D eigenvalue weighted by Crippen LogP contribution is -2.61. The van der Waals surface area contributed by atoms with Crippen LogP contribution in [0.5, 0.6) is 0 Å². The first-order valence-electron chi connectivity index (χ1n) is 19.2. The number of nitrogens with zero attached hydrogens (tertiary/aromatic N) is 6. The van der Waals surface area contributed by atoms with Crippen LogP contribution in [0, 0.1) is 30.1 Å². The first-order chi connectivity index (χ1) is 25.9. The first kappa shape index (κ1) is 35.2. The molecule has 2 unspecified atom stereocenters. The Balaban J connectivity index is 0.913. The molecule has 12 nitrogen and oxygen atoms in total. The largest absolute Gasteiger partial charge is 0.481 e. The molecule has 4 saturated carbocycles. The molecule has 10 rings (SSSR count). The van der Waals surface area contributed by atoms with Gasteiger partial charge in [0.05, 0.1) is 27.5 Å². The van der Waals surface area contributed by atoms with Crippen molar-refractivity contribution in [2.24, 2.45) is 37.3 Å². The van der Waals surface area contributed by atoms with Crippen LogP contribution in [0.15, 0.2) is 36.4 Å². The highest BCUT2D eigenvalue weighted by Gasteiger charge is 2.59. The highest BCUT2D eigenvalue weighted by Crippen LogP contribution is 2.61. The van der Waals surface area contributed by atoms with Crippen LogP contribution in [0.2, 0.25) is 5.02 Å². The highest BCUT2D eigenvalue weighted by atomic mass is 35.5. The number of carbonyl (C=O) groups is 3. The lowest BCUT2D eigenvalue weighted by atomic mass is 9.47. The number of likely N-dealkylation sites (N-methyl/N-ethyl adjacent to an activating group) is 1. The van der Waals surface area contributed by atoms with Gasteiger partial charge in [0, 0.05) is 81.8 Å². The van der Waals surface area contributed by atoms with Crippen molar-refractivity contribution in [2.45, 2.75) is 71.0 Å². The normalized spacial score (nSPS) is 26.0. The highest BCUT2D eigenvalue weighted by molar-refractivity contribution is 6.36. The summed E-state index contributed by atoms with van der Waals surface area (Å²) >= 11 is 6.99. The average molecular weight is 751 g/mol. The molecule has 0 spiro atoms. The van der Waals surface area contributed by atoms with E-state index in [2.05, 4.69) is 25.4 Å². The van der Waals surface area contributed by atoms with Gasteiger partial charge < -0.3 is 29.8 Å². The fourth-order valence-corrected chi connectivity index (χ4v) is 11.3. The predicted octanol–water partition coefficient (Wildman–Crippen LogP) is 5.91. The fraction of sp³-hybridized carbons (Fsp3) is 0.488. The zero-order chi connectivity index (χ0) is 37.6. The summed E-state index contributed by atoms with van der Waals surface area (Å²) in [5, 5.41) is 16.6. The molecule has 6 aliphatic rings. The Morgan fingerprint density at radius 2 is 1.37 bits per heavy atom. The van der Waals surface area contributed by atoms with Gasteiger partial charge in [-0.2, -0.15) is 0 Å². The Kier molecular flexibility index (Phi) is 8.51. The van der Waals surface area contributed by atoms with E-state index in [4.69, 9.17) is 16.6 Å². The van der Waals surface area contributed by atoms with Gasteiger partial charge in [-0.05, 0) is 87.1 Å². The molecule has 4 heterocycles. The summed E-state index contributed by atoms with van der Waals surface area (Å²) in [5.74, 6) is 0.868. The summed E-state index contributed by atoms with van der Waals surface area (Å²) in [6, 6.07) is 11.6. The Bertz CT molecular complexity index is 2210. The summed E-state index contributed by atoms with van der Waals surface area (Å²) in [5.41, 5.74) is 7.02. The van der Waals surface area contributed by atoms with Gasteiger partial charge >= 0.3 is 5.97 Å². The SMILES string of the molecule is Cc1c(NC(=O)c2nc3c(n2C)CCN(C2C4CC5CC2CC(C(=O)O)(C5)C4)C3)cccc1-c1cccc(NC(=O)c2nc3c(n2C)CCN(C)C3)c1Cl. The van der Waals surface area contributed by atoms with Crippen molar-refractivity contribution in [2.75, 3.05) is 30.8 Å². The van der Waals surface area contributed by atoms with Gasteiger partial charge in [-0.15, -0.1) is 0 Å². The first-order valence-corrected chi connectivity index (χ1v) is 19.5. The van der Waals surface area contributed by atoms with Crippen LogP contribution < -0.4 is 10.6 Å². The maximum Gasteiger partial charge on any atom is 0.309 e. The molecule has 2 aromatic heterocycles. The van der Waals surface area contributed by atoms with E-state index >= 15 is 0 Å². The summed E-state index contributed by atoms with van der Waals surface area (Å²) in [6.07, 6.45) is 6.31. The molecule has 4 fully saturated rings. The van der Waals surface area contributed by atoms with Gasteiger partial charge in [-0.3, -0.25) is 19.3 Å². The number of carboxylic acids is 1. The van der Waals surface area contributed by atoms with Gasteiger partial charge in [0.1, 0.15) is 0 Å². The molecule has 282 valence electrons. The molecule has 4 aliphatic carbocycles. The summed E-state index contributed by atoms with van der Waals surface area (Å²) in [7, 11) is 5.84. The van der Waals surface area contributed by atoms with Crippen LogP contribution >= 0.6 is 11.6 Å². The van der Waals surface area contributed by atoms with Crippen molar-refractivity contribution in [3.05, 3.63) is 81.4 Å². The third-order valence-corrected chi connectivity index (χ3v) is 13.8. The second-order valence-corrected chi connectivity index (χ2v) is 17.0. The molecule has 3 N–H and O–H groups in total. The molecular weight excluding hydrogens is 704 g/mol. The number of hydrogen-bond donors (Lipinski definition) is 3. The third kappa shape index (κ3) is 5.67. The fourth-order valence-electron chi connectivity index (χ4n) is 11.0. The second kappa shape index (κ2) is 13.1. The van der Waals surface area contributed by atoms with Crippen molar-refractivity contribution in [1.29, 1.82) is 0 Å². The Morgan fingerprint density at radius 1 is 0.796 bits per heavy atom. The molecule has 2 aromatic carbocycles. The number of aliphatic carboxylic acids is 1. The number of carboxylic acid groups (broad SMARTS) is 1. The lowest BCUT2D eigenvalue weighted by Gasteiger charge is -2.60. The standard InChI is InChI=1S/C41H47ClN8O4/c1-22-26(27-8-6-10-29(34(27)42)46-39(52)37-43-30-20-47(2)13-11-32(30)48(37)3)7-5-9-28(22)45-38(51)36-44-31-21-50(14-12-33(31)49(36)4)35-24-15-23-16-25(35)19-41(17-23,18-24)40(53)54/h5-10,23-25,35H,11-21H2,1-4H3,(H,45,51)(H,46,52)(H,53,54). The lowest BCUT2D eigenvalue weighted by molar-refractivity contribution is -0.173. The molecule has 4 bridgehead atoms. The zero-order valence-electron chi connectivity index (χ0n) is 31.3. The molecule has 2 aliphatic heterocycles. The zero-order valence-corrected chi connectivity index (χ0v) is 32.0. The Labute approximate surface area is 319 Å². The third-order valence-electron chi connectivity index (χ3n) is 13.4. The predicted molar refractivity (Wildman–Crippen MR) is 206 cm³/mol. The van der Waals surface area contributed by atoms with E-state index < -0.39 is 11.4 Å². The van der Waals surface area contributed by atoms with Gasteiger partial charge in [0.2, 0.25) is 0 Å². The van der Waals surface area contributed by atoms with Gasteiger partial charge in [-0.1, -0.05) is 35.9 Å². The number of amides is 2. The molecule has 2 amide bonds. The van der Waals surface area contributed by atoms with Crippen LogP contribution in [-0.4, -0.2) is 78.0 Å². The van der Waals surface area contributed by atoms with E-state index in [-0.39, 0.29) is 11.8 Å². The van der Waals surface area contributed by atoms with Crippen molar-refractivity contribution in [3.8, 4) is 11.1 Å². The molecule has 0 radical (unpaired) electrons. The van der Waals surface area contributed by atoms with Crippen LogP contribution in [0.1, 0.15) is 81.7 Å². The number of benzene rings is 2. The van der Waals surface area contributed by atoms with E-state index in [0.29, 0.717) is 64.9 Å². The summed E-state index contributed by atoms with van der Waals surface area (Å²) in [6.45, 7) is 5.14. The topological polar surface area (TPSA) is 138 Å². The number of halogens is 1. The van der Waals surface area contributed by atoms with E-state index in [1.807, 2.05) is 67.5 Å². The summed E-state index contributed by atoms with van der Waals surface area (Å²) < 4.78 is 3.80. The van der Waals surface area contributed by atoms with Crippen molar-refractivity contribution in [1.82, 2.24) is 28.9 Å². The van der Waals surface area contributed by atoms with Crippen molar-refractivity contribution < 1.29 is 19.5 Å². The summed E-state index contributed by atoms with van der Waals surface area (Å²) in [4.78, 5) is 54.0. The average Bonchev–Trinajstić information content (AvgIpc) is 3.65. The van der Waals surface area contributed by atoms with E-state index in [1.54, 1.807) is 6.07 Å². The molecule has 4 aromatic rings. The molecule has 0 saturated heterocycles. The molecule has 13 heteroatoms. The van der Waals surface area contributed by atoms with E-state index in [0.717, 1.165) is 97.5 Å². The Hall–Kier alpha value is -4.52. The maximum atomic E-state index is 13.9. The second-order valence-electron chi connectivity index (χ2n) is 16.6. The minimum atomic E-state index is -0.602. The minimum Gasteiger partial charge on any atom is -0.481 e. The molecule has 54 heavy (non-hydrogen) atoms. The van der Waals surface area contributed by atoms with Gasteiger partial charge in [-0.25, -0.2) is 9.97 Å².